The van der Waals surface area contributed by atoms with Crippen LogP contribution in [0.4, 0.5) is 0 Å². The Labute approximate surface area is 202 Å². The Kier molecular flexibility index (Phi) is 5.69. The van der Waals surface area contributed by atoms with Crippen LogP contribution < -0.4 is 10.3 Å². The molecule has 7 heteroatoms. The van der Waals surface area contributed by atoms with E-state index < -0.39 is 0 Å². The first-order chi connectivity index (χ1) is 16.7. The molecular weight excluding hydrogens is 444 g/mol. The monoisotopic (exact) mass is 472 g/mol. The summed E-state index contributed by atoms with van der Waals surface area (Å²) in [7, 11) is 0. The van der Waals surface area contributed by atoms with E-state index in [1.807, 2.05) is 35.7 Å². The smallest absolute Gasteiger partial charge is 0.260 e. The highest BCUT2D eigenvalue weighted by molar-refractivity contribution is 7.17. The van der Waals surface area contributed by atoms with E-state index in [9.17, 15) is 4.79 Å². The molecule has 4 aromatic rings. The highest BCUT2D eigenvalue weighted by Gasteiger charge is 2.25. The number of nitrogens with zero attached hydrogens (tertiary/aromatic N) is 3. The van der Waals surface area contributed by atoms with Gasteiger partial charge in [-0.15, -0.1) is 11.3 Å². The summed E-state index contributed by atoms with van der Waals surface area (Å²) in [5.41, 5.74) is 4.65. The normalized spacial score (nSPS) is 17.6. The van der Waals surface area contributed by atoms with Crippen LogP contribution in [0.1, 0.15) is 29.9 Å². The fraction of sp³-hybridized carbons (Fsp3) is 0.333. The van der Waals surface area contributed by atoms with E-state index in [0.717, 1.165) is 73.3 Å². The molecule has 2 aliphatic rings. The van der Waals surface area contributed by atoms with Gasteiger partial charge in [-0.05, 0) is 29.7 Å². The molecule has 174 valence electrons. The van der Waals surface area contributed by atoms with Gasteiger partial charge in [-0.3, -0.25) is 14.6 Å². The topological polar surface area (TPSA) is 61.5 Å². The molecule has 0 spiro atoms. The van der Waals surface area contributed by atoms with Gasteiger partial charge in [0.15, 0.2) is 0 Å². The van der Waals surface area contributed by atoms with Gasteiger partial charge < -0.3 is 9.72 Å². The fourth-order valence-corrected chi connectivity index (χ4v) is 6.03. The number of H-pyrrole nitrogens is 1. The molecular formula is C27H28N4O2S. The summed E-state index contributed by atoms with van der Waals surface area (Å²) < 4.78 is 5.63. The predicted octanol–water partition coefficient (Wildman–Crippen LogP) is 4.47. The van der Waals surface area contributed by atoms with Gasteiger partial charge in [-0.25, -0.2) is 4.98 Å². The summed E-state index contributed by atoms with van der Waals surface area (Å²) in [6.07, 6.45) is 1.01. The molecule has 0 aliphatic carbocycles. The summed E-state index contributed by atoms with van der Waals surface area (Å²) in [6, 6.07) is 16.7. The molecule has 2 aromatic heterocycles. The number of aromatic nitrogens is 2. The van der Waals surface area contributed by atoms with Gasteiger partial charge in [0.1, 0.15) is 16.4 Å². The van der Waals surface area contributed by atoms with Crippen LogP contribution in [0.3, 0.4) is 0 Å². The molecule has 1 fully saturated rings. The zero-order valence-corrected chi connectivity index (χ0v) is 20.1. The number of fused-ring (bicyclic) bond motifs is 2. The third-order valence-corrected chi connectivity index (χ3v) is 7.93. The van der Waals surface area contributed by atoms with Crippen molar-refractivity contribution in [3.05, 3.63) is 81.2 Å². The molecule has 0 radical (unpaired) electrons. The lowest BCUT2D eigenvalue weighted by atomic mass is 10.1. The maximum absolute atomic E-state index is 13.1. The number of thiophene rings is 1. The zero-order chi connectivity index (χ0) is 23.1. The van der Waals surface area contributed by atoms with E-state index in [0.29, 0.717) is 5.39 Å². The number of rotatable bonds is 5. The molecule has 1 N–H and O–H groups in total. The van der Waals surface area contributed by atoms with Crippen LogP contribution in [0, 0.1) is 0 Å². The average Bonchev–Trinajstić information content (AvgIpc) is 3.52. The zero-order valence-electron chi connectivity index (χ0n) is 19.3. The minimum absolute atomic E-state index is 0.0498. The molecule has 2 aliphatic heterocycles. The second kappa shape index (κ2) is 8.98. The first-order valence-corrected chi connectivity index (χ1v) is 12.8. The Balaban J connectivity index is 1.14. The molecule has 6 rings (SSSR count). The van der Waals surface area contributed by atoms with Crippen LogP contribution in [0.5, 0.6) is 5.75 Å². The Bertz CT molecular complexity index is 1370. The van der Waals surface area contributed by atoms with Crippen LogP contribution in [0.2, 0.25) is 0 Å². The summed E-state index contributed by atoms with van der Waals surface area (Å²) in [4.78, 5) is 26.8. The SMILES string of the molecule is CC(c1nc2scc(-c3ccccc3)c2c(=O)[nH]1)N1CCN(Cc2ccc3c(c2)CCO3)CC1. The molecule has 2 aromatic carbocycles. The lowest BCUT2D eigenvalue weighted by Gasteiger charge is -2.37. The second-order valence-corrected chi connectivity index (χ2v) is 10.0. The summed E-state index contributed by atoms with van der Waals surface area (Å²) in [5, 5.41) is 2.73. The van der Waals surface area contributed by atoms with Crippen LogP contribution in [0.15, 0.2) is 58.7 Å². The molecule has 1 atom stereocenters. The highest BCUT2D eigenvalue weighted by Crippen LogP contribution is 2.31. The van der Waals surface area contributed by atoms with E-state index in [2.05, 4.69) is 39.9 Å². The van der Waals surface area contributed by atoms with Gasteiger partial charge in [-0.1, -0.05) is 42.5 Å². The van der Waals surface area contributed by atoms with Crippen LogP contribution in [-0.2, 0) is 13.0 Å². The molecule has 1 unspecified atom stereocenters. The van der Waals surface area contributed by atoms with Crippen molar-refractivity contribution in [3.63, 3.8) is 0 Å². The largest absolute Gasteiger partial charge is 0.493 e. The number of nitrogens with one attached hydrogen (secondary N) is 1. The van der Waals surface area contributed by atoms with Crippen molar-refractivity contribution >= 4 is 21.6 Å². The lowest BCUT2D eigenvalue weighted by molar-refractivity contribution is 0.0948. The standard InChI is InChI=1S/C27H28N4O2S/c1-18(25-28-26(32)24-22(17-34-27(24)29-25)20-5-3-2-4-6-20)31-12-10-30(11-13-31)16-19-7-8-23-21(15-19)9-14-33-23/h2-8,15,17-18H,9-14,16H2,1H3,(H,28,29,32). The Hall–Kier alpha value is -3.00. The van der Waals surface area contributed by atoms with Gasteiger partial charge in [0.2, 0.25) is 0 Å². The Morgan fingerprint density at radius 2 is 1.94 bits per heavy atom. The number of ether oxygens (including phenoxy) is 1. The van der Waals surface area contributed by atoms with Crippen molar-refractivity contribution in [1.29, 1.82) is 0 Å². The molecule has 4 heterocycles. The highest BCUT2D eigenvalue weighted by atomic mass is 32.1. The van der Waals surface area contributed by atoms with Crippen molar-refractivity contribution in [3.8, 4) is 16.9 Å². The molecule has 6 nitrogen and oxygen atoms in total. The second-order valence-electron chi connectivity index (χ2n) is 9.18. The number of benzene rings is 2. The van der Waals surface area contributed by atoms with Gasteiger partial charge in [0.25, 0.3) is 5.56 Å². The van der Waals surface area contributed by atoms with Gasteiger partial charge >= 0.3 is 0 Å². The number of aromatic amines is 1. The Morgan fingerprint density at radius 1 is 1.12 bits per heavy atom. The molecule has 0 amide bonds. The van der Waals surface area contributed by atoms with E-state index in [4.69, 9.17) is 9.72 Å². The first-order valence-electron chi connectivity index (χ1n) is 11.9. The summed E-state index contributed by atoms with van der Waals surface area (Å²) >= 11 is 1.54. The lowest BCUT2D eigenvalue weighted by Crippen LogP contribution is -2.47. The van der Waals surface area contributed by atoms with Crippen molar-refractivity contribution < 1.29 is 4.74 Å². The number of hydrogen-bond acceptors (Lipinski definition) is 6. The first kappa shape index (κ1) is 21.5. The molecule has 34 heavy (non-hydrogen) atoms. The maximum Gasteiger partial charge on any atom is 0.260 e. The summed E-state index contributed by atoms with van der Waals surface area (Å²) in [5.74, 6) is 1.80. The third kappa shape index (κ3) is 4.04. The number of piperazine rings is 1. The number of hydrogen-bond donors (Lipinski definition) is 1. The van der Waals surface area contributed by atoms with Crippen molar-refractivity contribution in [2.45, 2.75) is 25.9 Å². The predicted molar refractivity (Wildman–Crippen MR) is 137 cm³/mol. The average molecular weight is 473 g/mol. The summed E-state index contributed by atoms with van der Waals surface area (Å²) in [6.45, 7) is 7.83. The van der Waals surface area contributed by atoms with E-state index in [1.165, 1.54) is 11.1 Å². The van der Waals surface area contributed by atoms with Crippen molar-refractivity contribution in [2.75, 3.05) is 32.8 Å². The molecule has 1 saturated heterocycles. The molecule has 0 bridgehead atoms. The minimum atomic E-state index is -0.0498. The molecule has 0 saturated carbocycles. The van der Waals surface area contributed by atoms with Crippen LogP contribution in [0.25, 0.3) is 21.3 Å². The van der Waals surface area contributed by atoms with Crippen molar-refractivity contribution in [1.82, 2.24) is 19.8 Å². The quantitative estimate of drug-likeness (QED) is 0.465. The minimum Gasteiger partial charge on any atom is -0.493 e. The van der Waals surface area contributed by atoms with E-state index >= 15 is 0 Å². The fourth-order valence-electron chi connectivity index (χ4n) is 5.07. The third-order valence-electron chi connectivity index (χ3n) is 7.06. The van der Waals surface area contributed by atoms with Gasteiger partial charge in [-0.2, -0.15) is 0 Å². The van der Waals surface area contributed by atoms with Crippen LogP contribution >= 0.6 is 11.3 Å². The van der Waals surface area contributed by atoms with Crippen molar-refractivity contribution in [2.24, 2.45) is 0 Å². The van der Waals surface area contributed by atoms with Crippen LogP contribution in [-0.4, -0.2) is 52.6 Å². The van der Waals surface area contributed by atoms with Gasteiger partial charge in [0.05, 0.1) is 18.0 Å². The van der Waals surface area contributed by atoms with Gasteiger partial charge in [0, 0.05) is 50.1 Å². The maximum atomic E-state index is 13.1. The Morgan fingerprint density at radius 3 is 2.76 bits per heavy atom. The van der Waals surface area contributed by atoms with E-state index in [-0.39, 0.29) is 11.6 Å². The van der Waals surface area contributed by atoms with E-state index in [1.54, 1.807) is 11.3 Å².